The summed E-state index contributed by atoms with van der Waals surface area (Å²) in [6.07, 6.45) is 0. The van der Waals surface area contributed by atoms with Crippen molar-refractivity contribution >= 4 is 24.2 Å². The van der Waals surface area contributed by atoms with Gasteiger partial charge in [-0.15, -0.1) is 24.2 Å². The van der Waals surface area contributed by atoms with Gasteiger partial charge in [0.2, 0.25) is 0 Å². The summed E-state index contributed by atoms with van der Waals surface area (Å²) >= 11 is 1.72. The molecule has 1 nitrogen and oxygen atoms in total. The summed E-state index contributed by atoms with van der Waals surface area (Å²) in [4.78, 5) is 1.08. The van der Waals surface area contributed by atoms with Gasteiger partial charge in [-0.05, 0) is 11.6 Å². The highest BCUT2D eigenvalue weighted by Crippen LogP contribution is 2.35. The molecule has 1 aromatic carbocycles. The first kappa shape index (κ1) is 15.8. The molecule has 4 heteroatoms. The average molecular weight is 264 g/mol. The molecule has 0 saturated carbocycles. The van der Waals surface area contributed by atoms with Crippen LogP contribution in [-0.2, 0) is 0 Å². The first-order chi connectivity index (χ1) is 6.94. The maximum Gasteiger partial charge on any atom is 0.109 e. The van der Waals surface area contributed by atoms with Crippen molar-refractivity contribution in [2.75, 3.05) is 6.67 Å². The van der Waals surface area contributed by atoms with Crippen molar-refractivity contribution in [2.24, 2.45) is 5.73 Å². The molecule has 0 aliphatic rings. The van der Waals surface area contributed by atoms with Crippen molar-refractivity contribution in [1.82, 2.24) is 0 Å². The standard InChI is InChI=1S/C12H18FNS.ClH/c1-12(2,3)15-11-7-5-4-6-9(11)10(14)8-13;/h4-7,10H,8,14H2,1-3H3;1H/t10-;/m1./s1. The Hall–Kier alpha value is -0.250. The number of hydrogen-bond acceptors (Lipinski definition) is 2. The minimum atomic E-state index is -0.512. The van der Waals surface area contributed by atoms with Gasteiger partial charge in [-0.3, -0.25) is 0 Å². The van der Waals surface area contributed by atoms with Gasteiger partial charge in [0.25, 0.3) is 0 Å². The Morgan fingerprint density at radius 2 is 1.88 bits per heavy atom. The molecule has 0 fully saturated rings. The summed E-state index contributed by atoms with van der Waals surface area (Å²) < 4.78 is 12.7. The van der Waals surface area contributed by atoms with Crippen LogP contribution in [0.2, 0.25) is 0 Å². The molecule has 0 unspecified atom stereocenters. The summed E-state index contributed by atoms with van der Waals surface area (Å²) in [6.45, 7) is 5.89. The Kier molecular flexibility index (Phi) is 6.38. The summed E-state index contributed by atoms with van der Waals surface area (Å²) in [5.41, 5.74) is 6.63. The number of alkyl halides is 1. The van der Waals surface area contributed by atoms with Gasteiger partial charge in [0.15, 0.2) is 0 Å². The molecule has 0 radical (unpaired) electrons. The van der Waals surface area contributed by atoms with Gasteiger partial charge in [0.1, 0.15) is 6.67 Å². The molecule has 0 aliphatic carbocycles. The molecule has 0 aromatic heterocycles. The lowest BCUT2D eigenvalue weighted by Crippen LogP contribution is -2.15. The van der Waals surface area contributed by atoms with Gasteiger partial charge in [-0.25, -0.2) is 4.39 Å². The third-order valence-corrected chi connectivity index (χ3v) is 3.10. The average Bonchev–Trinajstić information content (AvgIpc) is 2.15. The number of hydrogen-bond donors (Lipinski definition) is 1. The Morgan fingerprint density at radius 1 is 1.31 bits per heavy atom. The van der Waals surface area contributed by atoms with Crippen LogP contribution >= 0.6 is 24.2 Å². The fourth-order valence-corrected chi connectivity index (χ4v) is 2.44. The molecule has 1 atom stereocenters. The Bertz CT molecular complexity index is 325. The van der Waals surface area contributed by atoms with Crippen LogP contribution in [0, 0.1) is 0 Å². The van der Waals surface area contributed by atoms with Crippen molar-refractivity contribution in [2.45, 2.75) is 36.5 Å². The highest BCUT2D eigenvalue weighted by Gasteiger charge is 2.17. The van der Waals surface area contributed by atoms with Crippen molar-refractivity contribution in [1.29, 1.82) is 0 Å². The number of benzene rings is 1. The first-order valence-corrected chi connectivity index (χ1v) is 5.85. The largest absolute Gasteiger partial charge is 0.322 e. The van der Waals surface area contributed by atoms with E-state index in [2.05, 4.69) is 20.8 Å². The SMILES string of the molecule is CC(C)(C)Sc1ccccc1[C@H](N)CF.Cl. The smallest absolute Gasteiger partial charge is 0.109 e. The number of rotatable bonds is 3. The topological polar surface area (TPSA) is 26.0 Å². The zero-order valence-electron chi connectivity index (χ0n) is 9.87. The van der Waals surface area contributed by atoms with Crippen LogP contribution in [0.5, 0.6) is 0 Å². The molecule has 0 amide bonds. The molecule has 0 bridgehead atoms. The van der Waals surface area contributed by atoms with Gasteiger partial charge >= 0.3 is 0 Å². The lowest BCUT2D eigenvalue weighted by Gasteiger charge is -2.21. The second-order valence-electron chi connectivity index (χ2n) is 4.51. The van der Waals surface area contributed by atoms with E-state index in [1.165, 1.54) is 0 Å². The molecule has 0 saturated heterocycles. The van der Waals surface area contributed by atoms with E-state index in [1.807, 2.05) is 24.3 Å². The molecule has 1 rings (SSSR count). The van der Waals surface area contributed by atoms with E-state index < -0.39 is 12.7 Å². The third-order valence-electron chi connectivity index (χ3n) is 1.90. The van der Waals surface area contributed by atoms with Crippen molar-refractivity contribution in [3.63, 3.8) is 0 Å². The molecular weight excluding hydrogens is 245 g/mol. The van der Waals surface area contributed by atoms with Crippen LogP contribution in [0.4, 0.5) is 4.39 Å². The molecule has 0 aliphatic heterocycles. The monoisotopic (exact) mass is 263 g/mol. The predicted octanol–water partition coefficient (Wildman–Crippen LogP) is 3.97. The zero-order chi connectivity index (χ0) is 11.5. The predicted molar refractivity (Wildman–Crippen MR) is 72.2 cm³/mol. The summed E-state index contributed by atoms with van der Waals surface area (Å²) in [5.74, 6) is 0. The van der Waals surface area contributed by atoms with Crippen LogP contribution in [0.1, 0.15) is 32.4 Å². The number of halogens is 2. The normalized spacial score (nSPS) is 13.1. The summed E-state index contributed by atoms with van der Waals surface area (Å²) in [5, 5.41) is 0. The molecule has 0 heterocycles. The highest BCUT2D eigenvalue weighted by molar-refractivity contribution is 8.00. The minimum Gasteiger partial charge on any atom is -0.322 e. The highest BCUT2D eigenvalue weighted by atomic mass is 35.5. The minimum absolute atomic E-state index is 0. The Labute approximate surface area is 107 Å². The van der Waals surface area contributed by atoms with E-state index in [0.717, 1.165) is 10.5 Å². The second kappa shape index (κ2) is 6.48. The van der Waals surface area contributed by atoms with E-state index in [0.29, 0.717) is 0 Å². The maximum absolute atomic E-state index is 12.6. The van der Waals surface area contributed by atoms with Crippen LogP contribution < -0.4 is 5.73 Å². The van der Waals surface area contributed by atoms with Gasteiger partial charge < -0.3 is 5.73 Å². The van der Waals surface area contributed by atoms with Crippen molar-refractivity contribution in [3.05, 3.63) is 29.8 Å². The Morgan fingerprint density at radius 3 is 2.38 bits per heavy atom. The maximum atomic E-state index is 12.6. The fourth-order valence-electron chi connectivity index (χ4n) is 1.29. The van der Waals surface area contributed by atoms with Gasteiger partial charge in [0.05, 0.1) is 6.04 Å². The number of thioether (sulfide) groups is 1. The zero-order valence-corrected chi connectivity index (χ0v) is 11.5. The van der Waals surface area contributed by atoms with Crippen LogP contribution in [0.15, 0.2) is 29.2 Å². The van der Waals surface area contributed by atoms with E-state index in [9.17, 15) is 4.39 Å². The third kappa shape index (κ3) is 4.73. The lowest BCUT2D eigenvalue weighted by molar-refractivity contribution is 0.434. The van der Waals surface area contributed by atoms with Crippen molar-refractivity contribution < 1.29 is 4.39 Å². The van der Waals surface area contributed by atoms with E-state index >= 15 is 0 Å². The second-order valence-corrected chi connectivity index (χ2v) is 6.38. The lowest BCUT2D eigenvalue weighted by atomic mass is 10.1. The quantitative estimate of drug-likeness (QED) is 0.835. The molecule has 92 valence electrons. The molecule has 1 aromatic rings. The summed E-state index contributed by atoms with van der Waals surface area (Å²) in [6, 6.07) is 7.26. The summed E-state index contributed by atoms with van der Waals surface area (Å²) in [7, 11) is 0. The van der Waals surface area contributed by atoms with Crippen LogP contribution in [0.3, 0.4) is 0 Å². The molecule has 2 N–H and O–H groups in total. The number of nitrogens with two attached hydrogens (primary N) is 1. The Balaban J connectivity index is 0.00000225. The van der Waals surface area contributed by atoms with Crippen LogP contribution in [0.25, 0.3) is 0 Å². The fraction of sp³-hybridized carbons (Fsp3) is 0.500. The van der Waals surface area contributed by atoms with Gasteiger partial charge in [-0.2, -0.15) is 0 Å². The molecular formula is C12H19ClFNS. The molecule has 0 spiro atoms. The van der Waals surface area contributed by atoms with E-state index in [-0.39, 0.29) is 17.2 Å². The van der Waals surface area contributed by atoms with Gasteiger partial charge in [-0.1, -0.05) is 39.0 Å². The van der Waals surface area contributed by atoms with E-state index in [4.69, 9.17) is 5.73 Å². The first-order valence-electron chi connectivity index (χ1n) is 5.03. The van der Waals surface area contributed by atoms with E-state index in [1.54, 1.807) is 11.8 Å². The van der Waals surface area contributed by atoms with Gasteiger partial charge in [0, 0.05) is 9.64 Å². The van der Waals surface area contributed by atoms with Crippen molar-refractivity contribution in [3.8, 4) is 0 Å². The molecule has 16 heavy (non-hydrogen) atoms. The van der Waals surface area contributed by atoms with Crippen LogP contribution in [-0.4, -0.2) is 11.4 Å².